The minimum absolute atomic E-state index is 0.00549. The van der Waals surface area contributed by atoms with Crippen LogP contribution in [0.25, 0.3) is 0 Å². The molecule has 3 nitrogen and oxygen atoms in total. The lowest BCUT2D eigenvalue weighted by Gasteiger charge is -2.24. The number of sulfonamides is 1. The molecule has 1 fully saturated rings. The highest BCUT2D eigenvalue weighted by atomic mass is 32.2. The van der Waals surface area contributed by atoms with Crippen LogP contribution in [0.2, 0.25) is 0 Å². The first-order valence-corrected chi connectivity index (χ1v) is 8.96. The highest BCUT2D eigenvalue weighted by molar-refractivity contribution is 7.88. The normalized spacial score (nSPS) is 19.4. The van der Waals surface area contributed by atoms with Crippen LogP contribution in [0, 0.1) is 5.82 Å². The number of hydrogen-bond acceptors (Lipinski definition) is 2. The van der Waals surface area contributed by atoms with Crippen LogP contribution in [0.15, 0.2) is 54.6 Å². The molecule has 5 heteroatoms. The van der Waals surface area contributed by atoms with Crippen molar-refractivity contribution in [3.8, 4) is 0 Å². The third kappa shape index (κ3) is 3.20. The fraction of sp³-hybridized carbons (Fsp3) is 0.294. The first-order valence-electron chi connectivity index (χ1n) is 7.35. The van der Waals surface area contributed by atoms with Gasteiger partial charge in [0.15, 0.2) is 0 Å². The van der Waals surface area contributed by atoms with Crippen LogP contribution in [-0.4, -0.2) is 19.3 Å². The maximum atomic E-state index is 13.1. The average Bonchev–Trinajstić information content (AvgIpc) is 2.99. The third-order valence-electron chi connectivity index (χ3n) is 4.01. The molecule has 1 aliphatic rings. The molecule has 1 unspecified atom stereocenters. The van der Waals surface area contributed by atoms with Gasteiger partial charge in [-0.05, 0) is 36.1 Å². The molecule has 22 heavy (non-hydrogen) atoms. The summed E-state index contributed by atoms with van der Waals surface area (Å²) in [5.41, 5.74) is 1.64. The van der Waals surface area contributed by atoms with Gasteiger partial charge in [-0.25, -0.2) is 12.8 Å². The van der Waals surface area contributed by atoms with Crippen LogP contribution in [0.5, 0.6) is 0 Å². The van der Waals surface area contributed by atoms with Gasteiger partial charge in [-0.15, -0.1) is 0 Å². The lowest BCUT2D eigenvalue weighted by atomic mass is 10.1. The Morgan fingerprint density at radius 1 is 1.05 bits per heavy atom. The van der Waals surface area contributed by atoms with Gasteiger partial charge in [-0.3, -0.25) is 0 Å². The molecule has 0 aliphatic carbocycles. The number of nitrogens with zero attached hydrogens (tertiary/aromatic N) is 1. The molecule has 0 radical (unpaired) electrons. The zero-order valence-electron chi connectivity index (χ0n) is 12.2. The molecule has 0 bridgehead atoms. The van der Waals surface area contributed by atoms with E-state index in [0.29, 0.717) is 6.54 Å². The van der Waals surface area contributed by atoms with E-state index in [4.69, 9.17) is 0 Å². The number of rotatable bonds is 4. The van der Waals surface area contributed by atoms with E-state index in [2.05, 4.69) is 0 Å². The molecule has 1 heterocycles. The fourth-order valence-electron chi connectivity index (χ4n) is 2.96. The van der Waals surface area contributed by atoms with Gasteiger partial charge in [0.1, 0.15) is 5.82 Å². The van der Waals surface area contributed by atoms with Crippen molar-refractivity contribution in [1.82, 2.24) is 4.31 Å². The molecular weight excluding hydrogens is 301 g/mol. The summed E-state index contributed by atoms with van der Waals surface area (Å²) in [6.45, 7) is 0.525. The van der Waals surface area contributed by atoms with Crippen molar-refractivity contribution in [3.05, 3.63) is 71.5 Å². The first-order chi connectivity index (χ1) is 10.6. The molecular formula is C17H18FNO2S. The highest BCUT2D eigenvalue weighted by Gasteiger charge is 2.34. The molecule has 2 aromatic carbocycles. The minimum Gasteiger partial charge on any atom is -0.212 e. The van der Waals surface area contributed by atoms with Crippen molar-refractivity contribution in [2.75, 3.05) is 6.54 Å². The molecule has 0 aromatic heterocycles. The summed E-state index contributed by atoms with van der Waals surface area (Å²) in [7, 11) is -3.38. The molecule has 0 amide bonds. The molecule has 1 aliphatic heterocycles. The fourth-order valence-corrected chi connectivity index (χ4v) is 4.76. The smallest absolute Gasteiger partial charge is 0.212 e. The van der Waals surface area contributed by atoms with E-state index in [1.165, 1.54) is 12.1 Å². The van der Waals surface area contributed by atoms with Gasteiger partial charge < -0.3 is 0 Å². The molecule has 0 N–H and O–H groups in total. The Morgan fingerprint density at radius 3 is 2.41 bits per heavy atom. The second kappa shape index (κ2) is 6.18. The zero-order chi connectivity index (χ0) is 15.6. The van der Waals surface area contributed by atoms with Crippen LogP contribution in [0.3, 0.4) is 0 Å². The van der Waals surface area contributed by atoms with Gasteiger partial charge in [0.05, 0.1) is 5.75 Å². The van der Waals surface area contributed by atoms with Crippen molar-refractivity contribution in [2.24, 2.45) is 0 Å². The van der Waals surface area contributed by atoms with Crippen molar-refractivity contribution < 1.29 is 12.8 Å². The van der Waals surface area contributed by atoms with Gasteiger partial charge in [0, 0.05) is 12.6 Å². The molecule has 116 valence electrons. The predicted octanol–water partition coefficient (Wildman–Crippen LogP) is 3.49. The molecule has 0 saturated carbocycles. The Bertz CT molecular complexity index is 729. The number of hydrogen-bond donors (Lipinski definition) is 0. The minimum atomic E-state index is -3.38. The monoisotopic (exact) mass is 319 g/mol. The van der Waals surface area contributed by atoms with E-state index in [1.54, 1.807) is 16.4 Å². The largest absolute Gasteiger partial charge is 0.218 e. The van der Waals surface area contributed by atoms with Crippen molar-refractivity contribution in [2.45, 2.75) is 24.6 Å². The van der Waals surface area contributed by atoms with Gasteiger partial charge in [0.25, 0.3) is 0 Å². The molecule has 0 spiro atoms. The van der Waals surface area contributed by atoms with Crippen molar-refractivity contribution in [3.63, 3.8) is 0 Å². The Kier molecular flexibility index (Phi) is 4.27. The first kappa shape index (κ1) is 15.2. The predicted molar refractivity (Wildman–Crippen MR) is 84.1 cm³/mol. The van der Waals surface area contributed by atoms with Crippen LogP contribution in [0.4, 0.5) is 4.39 Å². The zero-order valence-corrected chi connectivity index (χ0v) is 13.0. The van der Waals surface area contributed by atoms with Crippen LogP contribution >= 0.6 is 0 Å². The van der Waals surface area contributed by atoms with Crippen LogP contribution < -0.4 is 0 Å². The maximum Gasteiger partial charge on any atom is 0.218 e. The van der Waals surface area contributed by atoms with Gasteiger partial charge in [0.2, 0.25) is 10.0 Å². The molecule has 1 atom stereocenters. The maximum absolute atomic E-state index is 13.1. The van der Waals surface area contributed by atoms with Gasteiger partial charge in [-0.1, -0.05) is 42.5 Å². The summed E-state index contributed by atoms with van der Waals surface area (Å²) in [6.07, 6.45) is 1.61. The lowest BCUT2D eigenvalue weighted by molar-refractivity contribution is 0.396. The Balaban J connectivity index is 1.84. The Morgan fingerprint density at radius 2 is 1.73 bits per heavy atom. The summed E-state index contributed by atoms with van der Waals surface area (Å²) in [6, 6.07) is 15.1. The van der Waals surface area contributed by atoms with Crippen LogP contribution in [0.1, 0.15) is 30.0 Å². The van der Waals surface area contributed by atoms with Crippen molar-refractivity contribution >= 4 is 10.0 Å². The van der Waals surface area contributed by atoms with Gasteiger partial charge in [-0.2, -0.15) is 4.31 Å². The van der Waals surface area contributed by atoms with E-state index in [1.807, 2.05) is 30.3 Å². The molecule has 1 saturated heterocycles. The highest BCUT2D eigenvalue weighted by Crippen LogP contribution is 2.35. The average molecular weight is 319 g/mol. The summed E-state index contributed by atoms with van der Waals surface area (Å²) in [4.78, 5) is 0. The SMILES string of the molecule is O=S(=O)(Cc1ccccc1)N1CCCC1c1ccc(F)cc1. The lowest BCUT2D eigenvalue weighted by Crippen LogP contribution is -2.31. The van der Waals surface area contributed by atoms with Crippen LogP contribution in [-0.2, 0) is 15.8 Å². The van der Waals surface area contributed by atoms with E-state index in [9.17, 15) is 12.8 Å². The summed E-state index contributed by atoms with van der Waals surface area (Å²) < 4.78 is 40.0. The molecule has 3 rings (SSSR count). The van der Waals surface area contributed by atoms with Crippen molar-refractivity contribution in [1.29, 1.82) is 0 Å². The Labute approximate surface area is 130 Å². The Hall–Kier alpha value is -1.72. The quantitative estimate of drug-likeness (QED) is 0.865. The van der Waals surface area contributed by atoms with Gasteiger partial charge >= 0.3 is 0 Å². The van der Waals surface area contributed by atoms with E-state index in [0.717, 1.165) is 24.0 Å². The third-order valence-corrected chi connectivity index (χ3v) is 5.86. The second-order valence-electron chi connectivity index (χ2n) is 5.56. The standard InChI is InChI=1S/C17H18FNO2S/c18-16-10-8-15(9-11-16)17-7-4-12-19(17)22(20,21)13-14-5-2-1-3-6-14/h1-3,5-6,8-11,17H,4,7,12-13H2. The number of halogens is 1. The summed E-state index contributed by atoms with van der Waals surface area (Å²) >= 11 is 0. The number of benzene rings is 2. The van der Waals surface area contributed by atoms with E-state index in [-0.39, 0.29) is 17.6 Å². The van der Waals surface area contributed by atoms with E-state index >= 15 is 0 Å². The summed E-state index contributed by atoms with van der Waals surface area (Å²) in [5.74, 6) is -0.300. The second-order valence-corrected chi connectivity index (χ2v) is 7.48. The van der Waals surface area contributed by atoms with E-state index < -0.39 is 10.0 Å². The molecule has 2 aromatic rings. The summed E-state index contributed by atoms with van der Waals surface area (Å²) in [5, 5.41) is 0. The topological polar surface area (TPSA) is 37.4 Å².